The molecule has 1 aromatic heterocycles. The largest absolute Gasteiger partial charge is 0.444 e. The molecule has 0 radical (unpaired) electrons. The van der Waals surface area contributed by atoms with Gasteiger partial charge in [-0.2, -0.15) is 5.10 Å². The standard InChI is InChI=1S/C34H44FN5O4/c1-22-21-43-13-12-40(22)32(41)29-16-26(35)6-7-27(29)28-14-24(15-31-30(28)17-36-37(31)5)25-19-38(20-25)18-23-8-10-39(11-9-23)33(42)44-34(2,3)4/h6-7,14-17,22-23,25H,8-13,18-21H2,1-5H3/t22-/m1/s1. The van der Waals surface area contributed by atoms with Crippen LogP contribution < -0.4 is 0 Å². The highest BCUT2D eigenvalue weighted by atomic mass is 19.1. The van der Waals surface area contributed by atoms with Crippen molar-refractivity contribution >= 4 is 22.9 Å². The van der Waals surface area contributed by atoms with E-state index in [9.17, 15) is 14.0 Å². The van der Waals surface area contributed by atoms with Crippen LogP contribution in [-0.4, -0.2) is 101 Å². The molecule has 2 aromatic carbocycles. The maximum atomic E-state index is 14.6. The first-order valence-corrected chi connectivity index (χ1v) is 15.8. The second kappa shape index (κ2) is 12.1. The number of halogens is 1. The van der Waals surface area contributed by atoms with Gasteiger partial charge >= 0.3 is 6.09 Å². The van der Waals surface area contributed by atoms with Crippen LogP contribution in [0.1, 0.15) is 62.4 Å². The third kappa shape index (κ3) is 6.33. The van der Waals surface area contributed by atoms with Crippen LogP contribution in [0.5, 0.6) is 0 Å². The Hall–Kier alpha value is -3.50. The summed E-state index contributed by atoms with van der Waals surface area (Å²) in [6.07, 6.45) is 3.58. The van der Waals surface area contributed by atoms with E-state index in [2.05, 4.69) is 22.1 Å². The van der Waals surface area contributed by atoms with Crippen LogP contribution in [0.3, 0.4) is 0 Å². The number of hydrogen-bond acceptors (Lipinski definition) is 6. The first kappa shape index (κ1) is 30.5. The second-order valence-electron chi connectivity index (χ2n) is 13.7. The predicted octanol–water partition coefficient (Wildman–Crippen LogP) is 5.29. The fraction of sp³-hybridized carbons (Fsp3) is 0.559. The number of piperidine rings is 1. The monoisotopic (exact) mass is 605 g/mol. The number of morpholine rings is 1. The molecule has 1 atom stereocenters. The molecule has 0 N–H and O–H groups in total. The lowest BCUT2D eigenvalue weighted by molar-refractivity contribution is 0.00360. The minimum absolute atomic E-state index is 0.0809. The lowest BCUT2D eigenvalue weighted by Gasteiger charge is -2.43. The first-order chi connectivity index (χ1) is 21.0. The number of nitrogens with zero attached hydrogens (tertiary/aromatic N) is 5. The molecule has 0 spiro atoms. The van der Waals surface area contributed by atoms with Gasteiger partial charge in [0, 0.05) is 57.6 Å². The summed E-state index contributed by atoms with van der Waals surface area (Å²) in [7, 11) is 1.93. The van der Waals surface area contributed by atoms with Gasteiger partial charge in [0.1, 0.15) is 11.4 Å². The van der Waals surface area contributed by atoms with Crippen molar-refractivity contribution in [2.24, 2.45) is 13.0 Å². The fourth-order valence-corrected chi connectivity index (χ4v) is 6.76. The molecule has 44 heavy (non-hydrogen) atoms. The quantitative estimate of drug-likeness (QED) is 0.394. The second-order valence-corrected chi connectivity index (χ2v) is 13.7. The molecule has 0 unspecified atom stereocenters. The van der Waals surface area contributed by atoms with Crippen LogP contribution in [0.15, 0.2) is 36.5 Å². The first-order valence-electron chi connectivity index (χ1n) is 15.8. The number of ether oxygens (including phenoxy) is 2. The molecular weight excluding hydrogens is 561 g/mol. The third-order valence-electron chi connectivity index (χ3n) is 9.23. The Morgan fingerprint density at radius 3 is 2.52 bits per heavy atom. The van der Waals surface area contributed by atoms with E-state index in [1.54, 1.807) is 11.0 Å². The highest BCUT2D eigenvalue weighted by molar-refractivity contribution is 6.05. The van der Waals surface area contributed by atoms with Crippen molar-refractivity contribution in [3.05, 3.63) is 53.5 Å². The summed E-state index contributed by atoms with van der Waals surface area (Å²) in [4.78, 5) is 32.3. The number of aromatic nitrogens is 2. The molecule has 2 amide bonds. The van der Waals surface area contributed by atoms with Gasteiger partial charge in [0.2, 0.25) is 0 Å². The number of hydrogen-bond donors (Lipinski definition) is 0. The van der Waals surface area contributed by atoms with E-state index in [1.165, 1.54) is 17.7 Å². The van der Waals surface area contributed by atoms with E-state index in [0.29, 0.717) is 37.2 Å². The molecule has 10 heteroatoms. The summed E-state index contributed by atoms with van der Waals surface area (Å²) in [6.45, 7) is 13.5. The van der Waals surface area contributed by atoms with Crippen LogP contribution in [0.2, 0.25) is 0 Å². The molecule has 9 nitrogen and oxygen atoms in total. The van der Waals surface area contributed by atoms with Gasteiger partial charge in [-0.1, -0.05) is 6.07 Å². The third-order valence-corrected chi connectivity index (χ3v) is 9.23. The molecule has 3 saturated heterocycles. The van der Waals surface area contributed by atoms with E-state index in [1.807, 2.05) is 50.5 Å². The molecule has 0 aliphatic carbocycles. The van der Waals surface area contributed by atoms with E-state index < -0.39 is 11.4 Å². The molecule has 3 aliphatic heterocycles. The summed E-state index contributed by atoms with van der Waals surface area (Å²) in [5.41, 5.74) is 3.72. The summed E-state index contributed by atoms with van der Waals surface area (Å²) >= 11 is 0. The zero-order chi connectivity index (χ0) is 31.2. The number of likely N-dealkylation sites (tertiary alicyclic amines) is 2. The van der Waals surface area contributed by atoms with Crippen molar-refractivity contribution in [1.82, 2.24) is 24.5 Å². The van der Waals surface area contributed by atoms with Crippen molar-refractivity contribution in [2.75, 3.05) is 52.5 Å². The number of amides is 2. The number of aryl methyl sites for hydroxylation is 1. The molecule has 4 heterocycles. The van der Waals surface area contributed by atoms with Gasteiger partial charge < -0.3 is 24.2 Å². The summed E-state index contributed by atoms with van der Waals surface area (Å²) in [6, 6.07) is 8.84. The van der Waals surface area contributed by atoms with Crippen molar-refractivity contribution < 1.29 is 23.5 Å². The Balaban J connectivity index is 1.18. The van der Waals surface area contributed by atoms with E-state index in [0.717, 1.165) is 67.6 Å². The maximum absolute atomic E-state index is 14.6. The van der Waals surface area contributed by atoms with Crippen LogP contribution in [-0.2, 0) is 16.5 Å². The predicted molar refractivity (Wildman–Crippen MR) is 167 cm³/mol. The summed E-state index contributed by atoms with van der Waals surface area (Å²) in [5.74, 6) is 0.308. The Bertz CT molecular complexity index is 1530. The van der Waals surface area contributed by atoms with Crippen molar-refractivity contribution in [3.63, 3.8) is 0 Å². The zero-order valence-electron chi connectivity index (χ0n) is 26.5. The highest BCUT2D eigenvalue weighted by Gasteiger charge is 2.34. The normalized spacial score (nSPS) is 20.6. The molecule has 236 valence electrons. The van der Waals surface area contributed by atoms with E-state index in [-0.39, 0.29) is 18.0 Å². The zero-order valence-corrected chi connectivity index (χ0v) is 26.5. The minimum Gasteiger partial charge on any atom is -0.444 e. The van der Waals surface area contributed by atoms with Crippen molar-refractivity contribution in [3.8, 4) is 11.1 Å². The number of benzene rings is 2. The number of rotatable bonds is 5. The van der Waals surface area contributed by atoms with Crippen LogP contribution in [0, 0.1) is 11.7 Å². The van der Waals surface area contributed by atoms with Gasteiger partial charge in [-0.05, 0) is 87.4 Å². The van der Waals surface area contributed by atoms with Gasteiger partial charge in [-0.25, -0.2) is 9.18 Å². The van der Waals surface area contributed by atoms with Gasteiger partial charge in [0.15, 0.2) is 0 Å². The molecule has 3 fully saturated rings. The number of fused-ring (bicyclic) bond motifs is 1. The topological polar surface area (TPSA) is 80.1 Å². The number of carbonyl (C=O) groups is 2. The molecule has 0 bridgehead atoms. The Morgan fingerprint density at radius 2 is 1.82 bits per heavy atom. The molecule has 3 aliphatic rings. The summed E-state index contributed by atoms with van der Waals surface area (Å²) in [5, 5.41) is 5.48. The molecule has 0 saturated carbocycles. The maximum Gasteiger partial charge on any atom is 0.410 e. The van der Waals surface area contributed by atoms with Gasteiger partial charge in [-0.15, -0.1) is 0 Å². The minimum atomic E-state index is -0.478. The Labute approximate surface area is 258 Å². The summed E-state index contributed by atoms with van der Waals surface area (Å²) < 4.78 is 27.6. The number of carbonyl (C=O) groups excluding carboxylic acids is 2. The average molecular weight is 606 g/mol. The van der Waals surface area contributed by atoms with Crippen LogP contribution >= 0.6 is 0 Å². The van der Waals surface area contributed by atoms with Crippen molar-refractivity contribution in [2.45, 2.75) is 58.1 Å². The van der Waals surface area contributed by atoms with E-state index >= 15 is 0 Å². The molecule has 3 aromatic rings. The highest BCUT2D eigenvalue weighted by Crippen LogP contribution is 2.38. The Kier molecular flexibility index (Phi) is 8.41. The smallest absolute Gasteiger partial charge is 0.410 e. The average Bonchev–Trinajstić information content (AvgIpc) is 3.34. The van der Waals surface area contributed by atoms with Gasteiger partial charge in [0.25, 0.3) is 5.91 Å². The Morgan fingerprint density at radius 1 is 1.07 bits per heavy atom. The molecule has 6 rings (SSSR count). The van der Waals surface area contributed by atoms with Gasteiger partial charge in [0.05, 0.1) is 36.5 Å². The SMILES string of the molecule is C[C@@H]1COCCN1C(=O)c1cc(F)ccc1-c1cc(C2CN(CC3CCN(C(=O)OC(C)(C)C)CC3)C2)cc2c1cnn2C. The van der Waals surface area contributed by atoms with Crippen molar-refractivity contribution in [1.29, 1.82) is 0 Å². The van der Waals surface area contributed by atoms with Crippen LogP contribution in [0.25, 0.3) is 22.0 Å². The molecular formula is C34H44FN5O4. The lowest BCUT2D eigenvalue weighted by Crippen LogP contribution is -2.49. The van der Waals surface area contributed by atoms with Gasteiger partial charge in [-0.3, -0.25) is 9.48 Å². The fourth-order valence-electron chi connectivity index (χ4n) is 6.76. The van der Waals surface area contributed by atoms with Crippen LogP contribution in [0.4, 0.5) is 9.18 Å². The van der Waals surface area contributed by atoms with E-state index in [4.69, 9.17) is 9.47 Å². The lowest BCUT2D eigenvalue weighted by atomic mass is 9.85.